The van der Waals surface area contributed by atoms with E-state index in [1.54, 1.807) is 0 Å². The summed E-state index contributed by atoms with van der Waals surface area (Å²) in [6.45, 7) is 3.46. The smallest absolute Gasteiger partial charge is 0.314 e. The molecule has 0 saturated heterocycles. The summed E-state index contributed by atoms with van der Waals surface area (Å²) in [5, 5.41) is 0. The lowest BCUT2D eigenvalue weighted by molar-refractivity contribution is -0.147. The maximum atomic E-state index is 11.8. The molecule has 0 heterocycles. The highest BCUT2D eigenvalue weighted by Crippen LogP contribution is 2.44. The van der Waals surface area contributed by atoms with Gasteiger partial charge < -0.3 is 4.74 Å². The molecule has 0 bridgehead atoms. The van der Waals surface area contributed by atoms with E-state index in [0.717, 1.165) is 12.3 Å². The van der Waals surface area contributed by atoms with Gasteiger partial charge in [-0.1, -0.05) is 38.7 Å². The Bertz CT molecular complexity index is 245. The van der Waals surface area contributed by atoms with Crippen LogP contribution in [0.15, 0.2) is 12.8 Å². The van der Waals surface area contributed by atoms with Crippen LogP contribution in [-0.2, 0) is 9.53 Å². The van der Waals surface area contributed by atoms with E-state index >= 15 is 0 Å². The Balaban J connectivity index is 2.02. The molecule has 0 aliphatic heterocycles. The third-order valence-corrected chi connectivity index (χ3v) is 4.08. The normalized spacial score (nSPS) is 35.3. The van der Waals surface area contributed by atoms with Crippen LogP contribution >= 0.6 is 0 Å². The lowest BCUT2D eigenvalue weighted by Gasteiger charge is -2.39. The largest absolute Gasteiger partial charge is 0.435 e. The first kappa shape index (κ1) is 10.7. The standard InChI is InChI=1S/C13H20O2/c1-2-15-13(14)12-9-5-7-10-6-3-4-8-11(10)12/h2,10-12H,1,3-9H2. The first-order chi connectivity index (χ1) is 7.33. The minimum absolute atomic E-state index is 0.0402. The summed E-state index contributed by atoms with van der Waals surface area (Å²) in [6, 6.07) is 0. The third-order valence-electron chi connectivity index (χ3n) is 4.08. The fourth-order valence-corrected chi connectivity index (χ4v) is 3.40. The Morgan fingerprint density at radius 1 is 1.13 bits per heavy atom. The van der Waals surface area contributed by atoms with Crippen molar-refractivity contribution < 1.29 is 9.53 Å². The van der Waals surface area contributed by atoms with Gasteiger partial charge in [0.25, 0.3) is 0 Å². The number of rotatable bonds is 2. The zero-order valence-corrected chi connectivity index (χ0v) is 9.28. The predicted octanol–water partition coefficient (Wildman–Crippen LogP) is 3.28. The quantitative estimate of drug-likeness (QED) is 0.514. The molecule has 0 aromatic heterocycles. The van der Waals surface area contributed by atoms with Crippen molar-refractivity contribution in [2.75, 3.05) is 0 Å². The van der Waals surface area contributed by atoms with Gasteiger partial charge in [-0.05, 0) is 24.7 Å². The second kappa shape index (κ2) is 4.82. The number of carbonyl (C=O) groups is 1. The Labute approximate surface area is 91.7 Å². The zero-order valence-electron chi connectivity index (χ0n) is 9.28. The van der Waals surface area contributed by atoms with Crippen LogP contribution in [-0.4, -0.2) is 5.97 Å². The third kappa shape index (κ3) is 2.24. The van der Waals surface area contributed by atoms with Crippen LogP contribution in [0.2, 0.25) is 0 Å². The number of fused-ring (bicyclic) bond motifs is 1. The van der Waals surface area contributed by atoms with Gasteiger partial charge in [0, 0.05) is 0 Å². The van der Waals surface area contributed by atoms with E-state index < -0.39 is 0 Å². The van der Waals surface area contributed by atoms with Crippen LogP contribution in [0.1, 0.15) is 44.9 Å². The molecule has 2 aliphatic rings. The maximum absolute atomic E-state index is 11.8. The summed E-state index contributed by atoms with van der Waals surface area (Å²) in [5.41, 5.74) is 0. The summed E-state index contributed by atoms with van der Waals surface area (Å²) in [4.78, 5) is 11.8. The molecule has 2 heteroatoms. The second-order valence-corrected chi connectivity index (χ2v) is 4.85. The molecule has 0 aromatic rings. The summed E-state index contributed by atoms with van der Waals surface area (Å²) >= 11 is 0. The van der Waals surface area contributed by atoms with Crippen molar-refractivity contribution in [1.29, 1.82) is 0 Å². The van der Waals surface area contributed by atoms with Crippen LogP contribution in [0.4, 0.5) is 0 Å². The zero-order chi connectivity index (χ0) is 10.7. The fraction of sp³-hybridized carbons (Fsp3) is 0.769. The Morgan fingerprint density at radius 3 is 2.67 bits per heavy atom. The molecule has 2 nitrogen and oxygen atoms in total. The molecule has 0 spiro atoms. The number of carbonyl (C=O) groups excluding carboxylic acids is 1. The van der Waals surface area contributed by atoms with Crippen molar-refractivity contribution in [3.63, 3.8) is 0 Å². The summed E-state index contributed by atoms with van der Waals surface area (Å²) in [6.07, 6.45) is 10.00. The molecule has 15 heavy (non-hydrogen) atoms. The van der Waals surface area contributed by atoms with Crippen molar-refractivity contribution in [2.45, 2.75) is 44.9 Å². The van der Waals surface area contributed by atoms with E-state index in [4.69, 9.17) is 4.74 Å². The molecule has 2 aliphatic carbocycles. The van der Waals surface area contributed by atoms with Crippen molar-refractivity contribution in [3.05, 3.63) is 12.8 Å². The molecule has 2 rings (SSSR count). The first-order valence-corrected chi connectivity index (χ1v) is 6.14. The number of ether oxygens (including phenoxy) is 1. The van der Waals surface area contributed by atoms with Gasteiger partial charge in [0.1, 0.15) is 0 Å². The average molecular weight is 208 g/mol. The number of hydrogen-bond donors (Lipinski definition) is 0. The molecule has 2 fully saturated rings. The molecule has 0 amide bonds. The van der Waals surface area contributed by atoms with E-state index in [-0.39, 0.29) is 11.9 Å². The van der Waals surface area contributed by atoms with Gasteiger partial charge >= 0.3 is 5.97 Å². The lowest BCUT2D eigenvalue weighted by Crippen LogP contribution is -2.35. The number of hydrogen-bond acceptors (Lipinski definition) is 2. The lowest BCUT2D eigenvalue weighted by atomic mass is 9.65. The van der Waals surface area contributed by atoms with Crippen LogP contribution in [0.25, 0.3) is 0 Å². The van der Waals surface area contributed by atoms with Gasteiger partial charge in [-0.2, -0.15) is 0 Å². The van der Waals surface area contributed by atoms with Crippen LogP contribution in [0.3, 0.4) is 0 Å². The SMILES string of the molecule is C=COC(=O)C1CCCC2CCCCC21. The van der Waals surface area contributed by atoms with Crippen molar-refractivity contribution >= 4 is 5.97 Å². The molecule has 0 radical (unpaired) electrons. The average Bonchev–Trinajstić information content (AvgIpc) is 2.28. The summed E-state index contributed by atoms with van der Waals surface area (Å²) < 4.78 is 4.96. The van der Waals surface area contributed by atoms with E-state index in [2.05, 4.69) is 6.58 Å². The molecular weight excluding hydrogens is 188 g/mol. The Morgan fingerprint density at radius 2 is 1.87 bits per heavy atom. The molecular formula is C13H20O2. The van der Waals surface area contributed by atoms with Gasteiger partial charge in [-0.3, -0.25) is 4.79 Å². The highest BCUT2D eigenvalue weighted by molar-refractivity contribution is 5.73. The molecule has 3 atom stereocenters. The van der Waals surface area contributed by atoms with Crippen LogP contribution in [0.5, 0.6) is 0 Å². The van der Waals surface area contributed by atoms with Crippen LogP contribution in [0, 0.1) is 17.8 Å². The Kier molecular flexibility index (Phi) is 3.45. The topological polar surface area (TPSA) is 26.3 Å². The predicted molar refractivity (Wildman–Crippen MR) is 59.1 cm³/mol. The fourth-order valence-electron chi connectivity index (χ4n) is 3.40. The summed E-state index contributed by atoms with van der Waals surface area (Å²) in [7, 11) is 0. The van der Waals surface area contributed by atoms with Gasteiger partial charge in [0.2, 0.25) is 0 Å². The van der Waals surface area contributed by atoms with Gasteiger partial charge in [-0.25, -0.2) is 0 Å². The molecule has 2 saturated carbocycles. The van der Waals surface area contributed by atoms with E-state index in [1.807, 2.05) is 0 Å². The van der Waals surface area contributed by atoms with Crippen LogP contribution < -0.4 is 0 Å². The highest BCUT2D eigenvalue weighted by Gasteiger charge is 2.39. The molecule has 3 unspecified atom stereocenters. The summed E-state index contributed by atoms with van der Waals surface area (Å²) in [5.74, 6) is 1.50. The molecule has 84 valence electrons. The van der Waals surface area contributed by atoms with Gasteiger partial charge in [0.05, 0.1) is 12.2 Å². The minimum Gasteiger partial charge on any atom is -0.435 e. The minimum atomic E-state index is -0.0402. The van der Waals surface area contributed by atoms with Crippen molar-refractivity contribution in [2.24, 2.45) is 17.8 Å². The second-order valence-electron chi connectivity index (χ2n) is 4.85. The van der Waals surface area contributed by atoms with Gasteiger partial charge in [0.15, 0.2) is 0 Å². The van der Waals surface area contributed by atoms with E-state index in [9.17, 15) is 4.79 Å². The van der Waals surface area contributed by atoms with Crippen molar-refractivity contribution in [1.82, 2.24) is 0 Å². The van der Waals surface area contributed by atoms with Gasteiger partial charge in [-0.15, -0.1) is 0 Å². The maximum Gasteiger partial charge on any atom is 0.314 e. The highest BCUT2D eigenvalue weighted by atomic mass is 16.5. The monoisotopic (exact) mass is 208 g/mol. The van der Waals surface area contributed by atoms with E-state index in [0.29, 0.717) is 5.92 Å². The van der Waals surface area contributed by atoms with E-state index in [1.165, 1.54) is 44.8 Å². The molecule has 0 N–H and O–H groups in total. The Hall–Kier alpha value is -0.790. The first-order valence-electron chi connectivity index (χ1n) is 6.14. The number of esters is 1. The van der Waals surface area contributed by atoms with Crippen molar-refractivity contribution in [3.8, 4) is 0 Å². The molecule has 0 aromatic carbocycles.